The van der Waals surface area contributed by atoms with Crippen LogP contribution >= 0.6 is 0 Å². The number of amides is 1. The molecule has 0 atom stereocenters. The average molecular weight is 443 g/mol. The zero-order chi connectivity index (χ0) is 22.4. The van der Waals surface area contributed by atoms with Crippen LogP contribution in [0.4, 0.5) is 11.5 Å². The van der Waals surface area contributed by atoms with Gasteiger partial charge in [-0.15, -0.1) is 0 Å². The molecule has 0 unspecified atom stereocenters. The topological polar surface area (TPSA) is 128 Å². The minimum atomic E-state index is -3.66. The Kier molecular flexibility index (Phi) is 7.20. The summed E-state index contributed by atoms with van der Waals surface area (Å²) >= 11 is 0. The number of nitrogens with zero attached hydrogens (tertiary/aromatic N) is 4. The van der Waals surface area contributed by atoms with Gasteiger partial charge < -0.3 is 10.2 Å². The molecule has 9 nitrogen and oxygen atoms in total. The number of piperidine rings is 1. The molecule has 0 saturated carbocycles. The van der Waals surface area contributed by atoms with Gasteiger partial charge in [0.05, 0.1) is 4.90 Å². The molecule has 1 aliphatic rings. The van der Waals surface area contributed by atoms with E-state index in [0.717, 1.165) is 12.8 Å². The molecule has 1 aromatic heterocycles. The van der Waals surface area contributed by atoms with Crippen LogP contribution in [0.15, 0.2) is 35.5 Å². The quantitative estimate of drug-likeness (QED) is 0.673. The number of carbonyl (C=O) groups is 1. The Hall–Kier alpha value is -3.03. The number of benzene rings is 1. The van der Waals surface area contributed by atoms with Crippen molar-refractivity contribution in [2.24, 2.45) is 5.92 Å². The number of hydrogen-bond acceptors (Lipinski definition) is 7. The number of carbonyl (C=O) groups excluding carboxylic acids is 1. The lowest BCUT2D eigenvalue weighted by Gasteiger charge is -2.32. The first-order valence-corrected chi connectivity index (χ1v) is 11.7. The molecular weight excluding hydrogens is 416 g/mol. The number of aryl methyl sites for hydroxylation is 1. The van der Waals surface area contributed by atoms with Gasteiger partial charge in [-0.25, -0.2) is 23.1 Å². The maximum Gasteiger partial charge on any atom is 0.240 e. The molecule has 1 fully saturated rings. The Labute approximate surface area is 182 Å². The highest BCUT2D eigenvalue weighted by Crippen LogP contribution is 2.24. The maximum absolute atomic E-state index is 12.8. The van der Waals surface area contributed by atoms with Crippen molar-refractivity contribution in [1.29, 1.82) is 5.26 Å². The maximum atomic E-state index is 12.8. The van der Waals surface area contributed by atoms with Crippen LogP contribution < -0.4 is 14.9 Å². The summed E-state index contributed by atoms with van der Waals surface area (Å²) in [4.78, 5) is 22.1. The van der Waals surface area contributed by atoms with Crippen LogP contribution in [0.25, 0.3) is 0 Å². The van der Waals surface area contributed by atoms with Crippen molar-refractivity contribution >= 4 is 27.4 Å². The van der Waals surface area contributed by atoms with Gasteiger partial charge in [0.15, 0.2) is 11.5 Å². The first kappa shape index (κ1) is 22.7. The first-order chi connectivity index (χ1) is 14.8. The highest BCUT2D eigenvalue weighted by molar-refractivity contribution is 7.89. The van der Waals surface area contributed by atoms with Gasteiger partial charge in [0.1, 0.15) is 6.07 Å². The van der Waals surface area contributed by atoms with E-state index in [1.165, 1.54) is 12.3 Å². The number of anilines is 2. The molecule has 10 heteroatoms. The molecule has 2 aromatic rings. The van der Waals surface area contributed by atoms with Crippen molar-refractivity contribution in [2.45, 2.75) is 38.0 Å². The van der Waals surface area contributed by atoms with E-state index in [2.05, 4.69) is 26.1 Å². The number of nitrogens with one attached hydrogen (secondary N) is 2. The summed E-state index contributed by atoms with van der Waals surface area (Å²) in [5, 5.41) is 11.9. The van der Waals surface area contributed by atoms with Crippen molar-refractivity contribution in [1.82, 2.24) is 14.7 Å². The van der Waals surface area contributed by atoms with Gasteiger partial charge >= 0.3 is 0 Å². The molecule has 1 aromatic carbocycles. The molecule has 164 valence electrons. The van der Waals surface area contributed by atoms with E-state index in [1.54, 1.807) is 32.2 Å². The number of hydrogen-bond donors (Lipinski definition) is 2. The van der Waals surface area contributed by atoms with Crippen LogP contribution in [-0.4, -0.2) is 43.9 Å². The standard InChI is InChI=1S/C21H26N6O3S/c1-3-20(28)26-17-4-5-19(15(2)12-17)31(29,30)25-14-16-6-10-27(11-7-16)21-18(13-22)23-8-9-24-21/h4-5,8-9,12,16,25H,3,6-7,10-11,14H2,1-2H3,(H,26,28). The van der Waals surface area contributed by atoms with Crippen LogP contribution in [0.5, 0.6) is 0 Å². The van der Waals surface area contributed by atoms with Crippen LogP contribution in [0, 0.1) is 24.2 Å². The van der Waals surface area contributed by atoms with Gasteiger partial charge in [0.2, 0.25) is 15.9 Å². The predicted molar refractivity (Wildman–Crippen MR) is 117 cm³/mol. The minimum Gasteiger partial charge on any atom is -0.354 e. The second-order valence-electron chi connectivity index (χ2n) is 7.50. The largest absolute Gasteiger partial charge is 0.354 e. The third kappa shape index (κ3) is 5.57. The van der Waals surface area contributed by atoms with Gasteiger partial charge in [-0.1, -0.05) is 6.92 Å². The van der Waals surface area contributed by atoms with Crippen LogP contribution in [0.1, 0.15) is 37.4 Å². The second-order valence-corrected chi connectivity index (χ2v) is 9.24. The molecule has 2 N–H and O–H groups in total. The number of aromatic nitrogens is 2. The lowest BCUT2D eigenvalue weighted by Crippen LogP contribution is -2.39. The summed E-state index contributed by atoms with van der Waals surface area (Å²) in [7, 11) is -3.66. The third-order valence-electron chi connectivity index (χ3n) is 5.33. The fraction of sp³-hybridized carbons (Fsp3) is 0.429. The van der Waals surface area contributed by atoms with Crippen LogP contribution in [-0.2, 0) is 14.8 Å². The first-order valence-electron chi connectivity index (χ1n) is 10.2. The van der Waals surface area contributed by atoms with Crippen molar-refractivity contribution < 1.29 is 13.2 Å². The van der Waals surface area contributed by atoms with E-state index in [-0.39, 0.29) is 16.7 Å². The van der Waals surface area contributed by atoms with E-state index in [9.17, 15) is 18.5 Å². The van der Waals surface area contributed by atoms with Gasteiger partial charge in [0.25, 0.3) is 0 Å². The smallest absolute Gasteiger partial charge is 0.240 e. The molecule has 1 saturated heterocycles. The average Bonchev–Trinajstić information content (AvgIpc) is 2.78. The summed E-state index contributed by atoms with van der Waals surface area (Å²) in [6.07, 6.45) is 4.98. The van der Waals surface area contributed by atoms with Crippen LogP contribution in [0.3, 0.4) is 0 Å². The molecule has 0 spiro atoms. The normalized spacial score (nSPS) is 14.8. The van der Waals surface area contributed by atoms with Gasteiger partial charge in [-0.3, -0.25) is 4.79 Å². The number of nitriles is 1. The SMILES string of the molecule is CCC(=O)Nc1ccc(S(=O)(=O)NCC2CCN(c3nccnc3C#N)CC2)c(C)c1. The molecule has 1 aliphatic heterocycles. The second kappa shape index (κ2) is 9.85. The predicted octanol–water partition coefficient (Wildman–Crippen LogP) is 2.20. The van der Waals surface area contributed by atoms with Crippen molar-refractivity contribution in [3.63, 3.8) is 0 Å². The molecule has 3 rings (SSSR count). The Balaban J connectivity index is 1.58. The number of sulfonamides is 1. The lowest BCUT2D eigenvalue weighted by molar-refractivity contribution is -0.115. The number of rotatable bonds is 7. The molecule has 2 heterocycles. The molecule has 31 heavy (non-hydrogen) atoms. The van der Waals surface area contributed by atoms with E-state index >= 15 is 0 Å². The van der Waals surface area contributed by atoms with Gasteiger partial charge in [0, 0.05) is 44.1 Å². The Morgan fingerprint density at radius 1 is 1.26 bits per heavy atom. The van der Waals surface area contributed by atoms with E-state index in [1.807, 2.05) is 4.90 Å². The lowest BCUT2D eigenvalue weighted by atomic mass is 9.97. The summed E-state index contributed by atoms with van der Waals surface area (Å²) < 4.78 is 28.3. The van der Waals surface area contributed by atoms with Crippen molar-refractivity contribution in [3.8, 4) is 6.07 Å². The third-order valence-corrected chi connectivity index (χ3v) is 6.91. The molecular formula is C21H26N6O3S. The summed E-state index contributed by atoms with van der Waals surface area (Å²) in [5.41, 5.74) is 1.45. The van der Waals surface area contributed by atoms with Gasteiger partial charge in [-0.2, -0.15) is 5.26 Å². The van der Waals surface area contributed by atoms with E-state index in [4.69, 9.17) is 0 Å². The fourth-order valence-electron chi connectivity index (χ4n) is 3.57. The summed E-state index contributed by atoms with van der Waals surface area (Å²) in [6, 6.07) is 6.84. The monoisotopic (exact) mass is 442 g/mol. The zero-order valence-electron chi connectivity index (χ0n) is 17.6. The zero-order valence-corrected chi connectivity index (χ0v) is 18.4. The molecule has 1 amide bonds. The summed E-state index contributed by atoms with van der Waals surface area (Å²) in [6.45, 7) is 5.18. The Morgan fingerprint density at radius 3 is 2.61 bits per heavy atom. The molecule has 0 bridgehead atoms. The summed E-state index contributed by atoms with van der Waals surface area (Å²) in [5.74, 6) is 0.648. The highest BCUT2D eigenvalue weighted by Gasteiger charge is 2.25. The van der Waals surface area contributed by atoms with Crippen molar-refractivity contribution in [3.05, 3.63) is 41.9 Å². The fourth-order valence-corrected chi connectivity index (χ4v) is 4.91. The van der Waals surface area contributed by atoms with Crippen LogP contribution in [0.2, 0.25) is 0 Å². The molecule has 0 radical (unpaired) electrons. The van der Waals surface area contributed by atoms with Gasteiger partial charge in [-0.05, 0) is 49.4 Å². The minimum absolute atomic E-state index is 0.122. The molecule has 0 aliphatic carbocycles. The Morgan fingerprint density at radius 2 is 1.97 bits per heavy atom. The Bertz CT molecular complexity index is 1090. The van der Waals surface area contributed by atoms with E-state index in [0.29, 0.717) is 48.8 Å². The van der Waals surface area contributed by atoms with E-state index < -0.39 is 10.0 Å². The van der Waals surface area contributed by atoms with Crippen molar-refractivity contribution in [2.75, 3.05) is 29.9 Å². The highest BCUT2D eigenvalue weighted by atomic mass is 32.2.